The highest BCUT2D eigenvalue weighted by molar-refractivity contribution is 6.01. The molecule has 0 unspecified atom stereocenters. The fraction of sp³-hybridized carbons (Fsp3) is 0.0455. The zero-order valence-electron chi connectivity index (χ0n) is 16.6. The monoisotopic (exact) mass is 425 g/mol. The number of hydrogen-bond donors (Lipinski definition) is 2. The van der Waals surface area contributed by atoms with E-state index in [0.29, 0.717) is 29.4 Å². The predicted molar refractivity (Wildman–Crippen MR) is 117 cm³/mol. The molecule has 0 amide bonds. The molecule has 0 aliphatic carbocycles. The summed E-state index contributed by atoms with van der Waals surface area (Å²) in [7, 11) is 0. The Hall–Kier alpha value is -4.60. The van der Waals surface area contributed by atoms with Gasteiger partial charge in [0.25, 0.3) is 0 Å². The summed E-state index contributed by atoms with van der Waals surface area (Å²) in [5.74, 6) is 0.0127. The largest absolute Gasteiger partial charge is 0.383 e. The zero-order chi connectivity index (χ0) is 21.7. The number of nitrogens with one attached hydrogen (secondary N) is 1. The first-order valence-corrected chi connectivity index (χ1v) is 9.86. The van der Waals surface area contributed by atoms with E-state index in [2.05, 4.69) is 30.2 Å². The molecule has 5 aromatic heterocycles. The quantitative estimate of drug-likeness (QED) is 0.448. The van der Waals surface area contributed by atoms with E-state index in [1.807, 2.05) is 29.1 Å². The summed E-state index contributed by atoms with van der Waals surface area (Å²) in [5.41, 5.74) is 10.5. The Bertz CT molecular complexity index is 1590. The molecule has 32 heavy (non-hydrogen) atoms. The molecule has 0 aliphatic rings. The van der Waals surface area contributed by atoms with Gasteiger partial charge in [0.05, 0.1) is 18.1 Å². The predicted octanol–water partition coefficient (Wildman–Crippen LogP) is 3.32. The van der Waals surface area contributed by atoms with Crippen LogP contribution in [0.3, 0.4) is 0 Å². The van der Waals surface area contributed by atoms with Crippen LogP contribution in [0.4, 0.5) is 10.2 Å². The average Bonchev–Trinajstić information content (AvgIpc) is 3.53. The summed E-state index contributed by atoms with van der Waals surface area (Å²) >= 11 is 0. The number of nitrogens with two attached hydrogens (primary N) is 1. The summed E-state index contributed by atoms with van der Waals surface area (Å²) in [6.07, 6.45) is 8.72. The SMILES string of the molecule is Nc1ncnc2c1c(-c1cnc3[nH]ccc3c1)cn2Cc1cn(-c2ccccc2F)nn1. The van der Waals surface area contributed by atoms with Crippen molar-refractivity contribution in [3.8, 4) is 16.8 Å². The summed E-state index contributed by atoms with van der Waals surface area (Å²) in [5, 5.41) is 10.0. The first-order chi connectivity index (χ1) is 15.7. The Morgan fingerprint density at radius 1 is 1.06 bits per heavy atom. The van der Waals surface area contributed by atoms with E-state index in [4.69, 9.17) is 5.73 Å². The molecule has 9 nitrogen and oxygen atoms in total. The third-order valence-corrected chi connectivity index (χ3v) is 5.37. The van der Waals surface area contributed by atoms with E-state index in [-0.39, 0.29) is 5.82 Å². The molecule has 0 fully saturated rings. The van der Waals surface area contributed by atoms with Crippen molar-refractivity contribution in [3.05, 3.63) is 79.0 Å². The minimum Gasteiger partial charge on any atom is -0.383 e. The van der Waals surface area contributed by atoms with Crippen LogP contribution in [0.1, 0.15) is 5.69 Å². The molecule has 0 saturated carbocycles. The molecule has 3 N–H and O–H groups in total. The first kappa shape index (κ1) is 18.2. The fourth-order valence-electron chi connectivity index (χ4n) is 3.87. The van der Waals surface area contributed by atoms with Gasteiger partial charge in [-0.15, -0.1) is 5.10 Å². The van der Waals surface area contributed by atoms with E-state index < -0.39 is 0 Å². The minimum atomic E-state index is -0.370. The summed E-state index contributed by atoms with van der Waals surface area (Å²) in [4.78, 5) is 16.2. The van der Waals surface area contributed by atoms with Crippen LogP contribution >= 0.6 is 0 Å². The molecule has 0 aliphatic heterocycles. The van der Waals surface area contributed by atoms with Crippen LogP contribution < -0.4 is 5.73 Å². The number of nitrogen functional groups attached to an aromatic ring is 1. The van der Waals surface area contributed by atoms with Gasteiger partial charge in [-0.1, -0.05) is 17.3 Å². The standard InChI is InChI=1S/C22H16FN9/c23-17-3-1-2-4-18(17)32-10-15(29-30-32)9-31-11-16(19-20(24)27-12-28-22(19)31)14-7-13-5-6-25-21(13)26-8-14/h1-8,10-12H,9H2,(H,25,26)(H2,24,27,28). The number of hydrogen-bond acceptors (Lipinski definition) is 6. The molecule has 1 aromatic carbocycles. The van der Waals surface area contributed by atoms with E-state index in [1.165, 1.54) is 17.1 Å². The lowest BCUT2D eigenvalue weighted by molar-refractivity contribution is 0.607. The van der Waals surface area contributed by atoms with Crippen molar-refractivity contribution < 1.29 is 4.39 Å². The van der Waals surface area contributed by atoms with Crippen LogP contribution in [0.2, 0.25) is 0 Å². The Labute approximate surface area is 180 Å². The number of aromatic amines is 1. The van der Waals surface area contributed by atoms with Crippen molar-refractivity contribution >= 4 is 27.9 Å². The van der Waals surface area contributed by atoms with Gasteiger partial charge in [0.2, 0.25) is 0 Å². The van der Waals surface area contributed by atoms with Gasteiger partial charge >= 0.3 is 0 Å². The lowest BCUT2D eigenvalue weighted by Crippen LogP contribution is -2.01. The van der Waals surface area contributed by atoms with Crippen LogP contribution in [-0.2, 0) is 6.54 Å². The van der Waals surface area contributed by atoms with Gasteiger partial charge in [0.1, 0.15) is 40.6 Å². The van der Waals surface area contributed by atoms with Crippen molar-refractivity contribution in [2.75, 3.05) is 5.73 Å². The Balaban J connectivity index is 1.44. The molecule has 6 aromatic rings. The zero-order valence-corrected chi connectivity index (χ0v) is 16.6. The third-order valence-electron chi connectivity index (χ3n) is 5.37. The van der Waals surface area contributed by atoms with Crippen LogP contribution in [0.5, 0.6) is 0 Å². The number of aromatic nitrogens is 8. The van der Waals surface area contributed by atoms with Gasteiger partial charge in [-0.3, -0.25) is 0 Å². The number of halogens is 1. The second-order valence-electron chi connectivity index (χ2n) is 7.37. The number of rotatable bonds is 4. The van der Waals surface area contributed by atoms with Gasteiger partial charge in [-0.05, 0) is 24.3 Å². The molecule has 0 saturated heterocycles. The minimum absolute atomic E-state index is 0.335. The molecule has 0 radical (unpaired) electrons. The molecule has 10 heteroatoms. The molecular weight excluding hydrogens is 409 g/mol. The lowest BCUT2D eigenvalue weighted by Gasteiger charge is -2.02. The van der Waals surface area contributed by atoms with Crippen molar-refractivity contribution in [3.63, 3.8) is 0 Å². The van der Waals surface area contributed by atoms with Crippen molar-refractivity contribution in [2.24, 2.45) is 0 Å². The van der Waals surface area contributed by atoms with Crippen molar-refractivity contribution in [1.29, 1.82) is 0 Å². The maximum absolute atomic E-state index is 14.1. The van der Waals surface area contributed by atoms with Crippen molar-refractivity contribution in [2.45, 2.75) is 6.54 Å². The molecular formula is C22H16FN9. The highest BCUT2D eigenvalue weighted by Gasteiger charge is 2.17. The third kappa shape index (κ3) is 2.88. The fourth-order valence-corrected chi connectivity index (χ4v) is 3.87. The number of nitrogens with zero attached hydrogens (tertiary/aromatic N) is 7. The van der Waals surface area contributed by atoms with Gasteiger partial charge in [-0.25, -0.2) is 24.0 Å². The maximum atomic E-state index is 14.1. The number of H-pyrrole nitrogens is 1. The molecule has 0 bridgehead atoms. The molecule has 0 spiro atoms. The highest BCUT2D eigenvalue weighted by Crippen LogP contribution is 2.33. The molecule has 0 atom stereocenters. The van der Waals surface area contributed by atoms with Crippen molar-refractivity contribution in [1.82, 2.24) is 39.5 Å². The number of anilines is 1. The van der Waals surface area contributed by atoms with Gasteiger partial charge in [0, 0.05) is 35.1 Å². The van der Waals surface area contributed by atoms with Gasteiger partial charge in [-0.2, -0.15) is 0 Å². The number of pyridine rings is 1. The summed E-state index contributed by atoms with van der Waals surface area (Å²) < 4.78 is 17.5. The maximum Gasteiger partial charge on any atom is 0.148 e. The Morgan fingerprint density at radius 2 is 1.97 bits per heavy atom. The first-order valence-electron chi connectivity index (χ1n) is 9.86. The number of para-hydroxylation sites is 1. The molecule has 156 valence electrons. The normalized spacial score (nSPS) is 11.5. The van der Waals surface area contributed by atoms with E-state index >= 15 is 0 Å². The van der Waals surface area contributed by atoms with E-state index in [0.717, 1.165) is 27.5 Å². The number of benzene rings is 1. The number of fused-ring (bicyclic) bond motifs is 2. The van der Waals surface area contributed by atoms with E-state index in [9.17, 15) is 4.39 Å². The molecule has 5 heterocycles. The lowest BCUT2D eigenvalue weighted by atomic mass is 10.1. The topological polar surface area (TPSA) is 116 Å². The van der Waals surface area contributed by atoms with E-state index in [1.54, 1.807) is 30.6 Å². The Kier molecular flexibility index (Phi) is 3.97. The van der Waals surface area contributed by atoms with Crippen LogP contribution in [0.25, 0.3) is 38.9 Å². The Morgan fingerprint density at radius 3 is 2.88 bits per heavy atom. The van der Waals surface area contributed by atoms with Gasteiger partial charge < -0.3 is 15.3 Å². The summed E-state index contributed by atoms with van der Waals surface area (Å²) in [6, 6.07) is 10.4. The second-order valence-corrected chi connectivity index (χ2v) is 7.37. The van der Waals surface area contributed by atoms with Crippen LogP contribution in [0.15, 0.2) is 67.5 Å². The summed E-state index contributed by atoms with van der Waals surface area (Å²) in [6.45, 7) is 0.376. The molecule has 6 rings (SSSR count). The second kappa shape index (κ2) is 6.98. The smallest absolute Gasteiger partial charge is 0.148 e. The van der Waals surface area contributed by atoms with Crippen LogP contribution in [0, 0.1) is 5.82 Å². The highest BCUT2D eigenvalue weighted by atomic mass is 19.1. The van der Waals surface area contributed by atoms with Gasteiger partial charge in [0.15, 0.2) is 0 Å². The van der Waals surface area contributed by atoms with Crippen LogP contribution in [-0.4, -0.2) is 39.5 Å². The average molecular weight is 425 g/mol.